The molecule has 0 amide bonds. The van der Waals surface area contributed by atoms with Gasteiger partial charge in [0.15, 0.2) is 0 Å². The maximum absolute atomic E-state index is 9.95. The lowest BCUT2D eigenvalue weighted by molar-refractivity contribution is -0.0362. The zero-order valence-electron chi connectivity index (χ0n) is 9.02. The summed E-state index contributed by atoms with van der Waals surface area (Å²) in [6.45, 7) is 2.63. The quantitative estimate of drug-likeness (QED) is 0.674. The van der Waals surface area contributed by atoms with E-state index < -0.39 is 0 Å². The van der Waals surface area contributed by atoms with Crippen LogP contribution in [0.25, 0.3) is 0 Å². The molecular formula is C12H22O2. The fraction of sp³-hybridized carbons (Fsp3) is 1.00. The summed E-state index contributed by atoms with van der Waals surface area (Å²) < 4.78 is 0. The molecule has 2 rings (SSSR count). The summed E-state index contributed by atoms with van der Waals surface area (Å²) in [6, 6.07) is 0. The molecule has 82 valence electrons. The van der Waals surface area contributed by atoms with Gasteiger partial charge in [-0.05, 0) is 55.8 Å². The zero-order chi connectivity index (χ0) is 10.1. The van der Waals surface area contributed by atoms with Crippen molar-refractivity contribution >= 4 is 0 Å². The van der Waals surface area contributed by atoms with Crippen LogP contribution in [0.3, 0.4) is 0 Å². The third-order valence-electron chi connectivity index (χ3n) is 4.46. The Morgan fingerprint density at radius 3 is 2.57 bits per heavy atom. The molecule has 0 aliphatic heterocycles. The van der Waals surface area contributed by atoms with Gasteiger partial charge in [-0.1, -0.05) is 6.92 Å². The molecule has 2 aliphatic rings. The van der Waals surface area contributed by atoms with Gasteiger partial charge in [0.2, 0.25) is 0 Å². The van der Waals surface area contributed by atoms with Gasteiger partial charge in [-0.25, -0.2) is 0 Å². The molecule has 0 heterocycles. The fourth-order valence-electron chi connectivity index (χ4n) is 3.50. The van der Waals surface area contributed by atoms with Gasteiger partial charge in [0.1, 0.15) is 0 Å². The van der Waals surface area contributed by atoms with E-state index in [0.717, 1.165) is 31.1 Å². The van der Waals surface area contributed by atoms with E-state index in [4.69, 9.17) is 5.11 Å². The van der Waals surface area contributed by atoms with Gasteiger partial charge < -0.3 is 10.2 Å². The topological polar surface area (TPSA) is 40.5 Å². The van der Waals surface area contributed by atoms with Crippen molar-refractivity contribution < 1.29 is 10.2 Å². The van der Waals surface area contributed by atoms with E-state index in [-0.39, 0.29) is 6.10 Å². The summed E-state index contributed by atoms with van der Waals surface area (Å²) in [4.78, 5) is 0. The Hall–Kier alpha value is -0.0800. The van der Waals surface area contributed by atoms with E-state index in [2.05, 4.69) is 6.92 Å². The van der Waals surface area contributed by atoms with Crippen LogP contribution >= 0.6 is 0 Å². The molecule has 5 atom stereocenters. The van der Waals surface area contributed by atoms with Gasteiger partial charge in [0, 0.05) is 6.61 Å². The molecule has 0 aromatic carbocycles. The first-order valence-electron chi connectivity index (χ1n) is 6.01. The Morgan fingerprint density at radius 1 is 1.07 bits per heavy atom. The minimum absolute atomic E-state index is 0.0921. The van der Waals surface area contributed by atoms with Crippen molar-refractivity contribution in [2.24, 2.45) is 23.7 Å². The van der Waals surface area contributed by atoms with Crippen molar-refractivity contribution in [2.45, 2.75) is 45.1 Å². The van der Waals surface area contributed by atoms with Crippen molar-refractivity contribution in [3.63, 3.8) is 0 Å². The van der Waals surface area contributed by atoms with Crippen LogP contribution in [0.1, 0.15) is 39.0 Å². The predicted molar refractivity (Wildman–Crippen MR) is 55.8 cm³/mol. The third kappa shape index (κ3) is 1.82. The van der Waals surface area contributed by atoms with Crippen LogP contribution in [0.5, 0.6) is 0 Å². The van der Waals surface area contributed by atoms with Gasteiger partial charge in [-0.3, -0.25) is 0 Å². The number of hydrogen-bond donors (Lipinski definition) is 2. The summed E-state index contributed by atoms with van der Waals surface area (Å²) >= 11 is 0. The van der Waals surface area contributed by atoms with E-state index >= 15 is 0 Å². The lowest BCUT2D eigenvalue weighted by Gasteiger charge is -2.45. The standard InChI is InChI=1S/C12H22O2/c1-8-2-5-12(14)11-6-9(7-13)3-4-10(8)11/h8-14H,2-7H2,1H3/t8-,9?,10?,11?,12?/m0/s1. The normalized spacial score (nSPS) is 48.6. The van der Waals surface area contributed by atoms with Gasteiger partial charge in [0.25, 0.3) is 0 Å². The van der Waals surface area contributed by atoms with E-state index in [1.165, 1.54) is 12.8 Å². The Labute approximate surface area is 86.3 Å². The van der Waals surface area contributed by atoms with E-state index in [1.54, 1.807) is 0 Å². The summed E-state index contributed by atoms with van der Waals surface area (Å²) in [5.41, 5.74) is 0. The largest absolute Gasteiger partial charge is 0.396 e. The predicted octanol–water partition coefficient (Wildman–Crippen LogP) is 1.80. The molecular weight excluding hydrogens is 176 g/mol. The Kier molecular flexibility index (Phi) is 3.13. The average molecular weight is 198 g/mol. The monoisotopic (exact) mass is 198 g/mol. The molecule has 2 heteroatoms. The number of hydrogen-bond acceptors (Lipinski definition) is 2. The van der Waals surface area contributed by atoms with Crippen molar-refractivity contribution in [2.75, 3.05) is 6.61 Å². The molecule has 0 spiro atoms. The van der Waals surface area contributed by atoms with Crippen LogP contribution in [0, 0.1) is 23.7 Å². The van der Waals surface area contributed by atoms with E-state index in [1.807, 2.05) is 0 Å². The van der Waals surface area contributed by atoms with E-state index in [0.29, 0.717) is 18.4 Å². The summed E-state index contributed by atoms with van der Waals surface area (Å²) in [5.74, 6) is 2.44. The van der Waals surface area contributed by atoms with Crippen LogP contribution in [0.2, 0.25) is 0 Å². The van der Waals surface area contributed by atoms with Gasteiger partial charge >= 0.3 is 0 Å². The molecule has 2 N–H and O–H groups in total. The summed E-state index contributed by atoms with van der Waals surface area (Å²) in [7, 11) is 0. The molecule has 0 aromatic rings. The first-order chi connectivity index (χ1) is 6.72. The van der Waals surface area contributed by atoms with Gasteiger partial charge in [-0.15, -0.1) is 0 Å². The second-order valence-electron chi connectivity index (χ2n) is 5.31. The Balaban J connectivity index is 2.03. The highest BCUT2D eigenvalue weighted by atomic mass is 16.3. The first-order valence-corrected chi connectivity index (χ1v) is 6.01. The molecule has 4 unspecified atom stereocenters. The molecule has 2 aliphatic carbocycles. The summed E-state index contributed by atoms with van der Waals surface area (Å²) in [5, 5.41) is 19.1. The van der Waals surface area contributed by atoms with Crippen LogP contribution in [-0.2, 0) is 0 Å². The SMILES string of the molecule is C[C@H]1CCC(O)C2CC(CO)CCC21. The number of aliphatic hydroxyl groups excluding tert-OH is 2. The highest BCUT2D eigenvalue weighted by molar-refractivity contribution is 4.90. The molecule has 14 heavy (non-hydrogen) atoms. The minimum atomic E-state index is -0.0921. The molecule has 0 bridgehead atoms. The highest BCUT2D eigenvalue weighted by Crippen LogP contribution is 2.45. The molecule has 0 aromatic heterocycles. The van der Waals surface area contributed by atoms with Gasteiger partial charge in [-0.2, -0.15) is 0 Å². The number of fused-ring (bicyclic) bond motifs is 1. The smallest absolute Gasteiger partial charge is 0.0571 e. The highest BCUT2D eigenvalue weighted by Gasteiger charge is 2.40. The first kappa shape index (κ1) is 10.4. The molecule has 2 saturated carbocycles. The number of rotatable bonds is 1. The van der Waals surface area contributed by atoms with Crippen LogP contribution in [0.4, 0.5) is 0 Å². The van der Waals surface area contributed by atoms with Crippen molar-refractivity contribution in [1.29, 1.82) is 0 Å². The fourth-order valence-corrected chi connectivity index (χ4v) is 3.50. The lowest BCUT2D eigenvalue weighted by Crippen LogP contribution is -2.41. The minimum Gasteiger partial charge on any atom is -0.396 e. The average Bonchev–Trinajstić information content (AvgIpc) is 2.23. The van der Waals surface area contributed by atoms with Crippen LogP contribution in [-0.4, -0.2) is 22.9 Å². The van der Waals surface area contributed by atoms with Crippen molar-refractivity contribution in [1.82, 2.24) is 0 Å². The zero-order valence-corrected chi connectivity index (χ0v) is 9.02. The van der Waals surface area contributed by atoms with Gasteiger partial charge in [0.05, 0.1) is 6.10 Å². The summed E-state index contributed by atoms with van der Waals surface area (Å²) in [6.07, 6.45) is 5.49. The maximum atomic E-state index is 9.95. The lowest BCUT2D eigenvalue weighted by atomic mass is 9.62. The van der Waals surface area contributed by atoms with Crippen LogP contribution in [0.15, 0.2) is 0 Å². The second kappa shape index (κ2) is 4.19. The second-order valence-corrected chi connectivity index (χ2v) is 5.31. The van der Waals surface area contributed by atoms with E-state index in [9.17, 15) is 5.11 Å². The number of aliphatic hydroxyl groups is 2. The van der Waals surface area contributed by atoms with Crippen molar-refractivity contribution in [3.05, 3.63) is 0 Å². The van der Waals surface area contributed by atoms with Crippen LogP contribution < -0.4 is 0 Å². The Morgan fingerprint density at radius 2 is 1.86 bits per heavy atom. The van der Waals surface area contributed by atoms with Crippen molar-refractivity contribution in [3.8, 4) is 0 Å². The third-order valence-corrected chi connectivity index (χ3v) is 4.46. The molecule has 2 fully saturated rings. The molecule has 0 radical (unpaired) electrons. The maximum Gasteiger partial charge on any atom is 0.0571 e. The molecule has 0 saturated heterocycles. The Bertz CT molecular complexity index is 193. The molecule has 2 nitrogen and oxygen atoms in total.